The van der Waals surface area contributed by atoms with E-state index in [1.165, 1.54) is 0 Å². The number of carbonyl (C=O) groups is 1. The van der Waals surface area contributed by atoms with Gasteiger partial charge >= 0.3 is 25.6 Å². The first-order chi connectivity index (χ1) is 5.90. The van der Waals surface area contributed by atoms with Gasteiger partial charge in [0.25, 0.3) is 0 Å². The molecule has 0 saturated carbocycles. The van der Waals surface area contributed by atoms with Crippen LogP contribution in [-0.4, -0.2) is 29.2 Å². The third-order valence-electron chi connectivity index (χ3n) is 2.01. The minimum atomic E-state index is -0.403. The summed E-state index contributed by atoms with van der Waals surface area (Å²) in [5.41, 5.74) is -0.403. The molecule has 1 atom stereocenters. The maximum absolute atomic E-state index is 11.5. The molecule has 1 aliphatic heterocycles. The Morgan fingerprint density at radius 1 is 1.47 bits per heavy atom. The van der Waals surface area contributed by atoms with Crippen molar-refractivity contribution in [3.63, 3.8) is 0 Å². The number of hydrogen-bond acceptors (Lipinski definition) is 2. The molecule has 5 heteroatoms. The van der Waals surface area contributed by atoms with E-state index < -0.39 is 5.60 Å². The predicted octanol–water partition coefficient (Wildman–Crippen LogP) is -0.779. The van der Waals surface area contributed by atoms with E-state index in [1.54, 1.807) is 4.90 Å². The molecule has 1 heterocycles. The molecule has 0 unspecified atom stereocenters. The number of rotatable bonds is 0. The van der Waals surface area contributed by atoms with Gasteiger partial charge in [0.15, 0.2) is 0 Å². The summed E-state index contributed by atoms with van der Waals surface area (Å²) in [5, 5.41) is 0. The monoisotopic (exact) mass is 375 g/mol. The summed E-state index contributed by atoms with van der Waals surface area (Å²) in [4.78, 5) is 13.2. The topological polar surface area (TPSA) is 29.5 Å². The van der Waals surface area contributed by atoms with Crippen LogP contribution in [0, 0.1) is 6.92 Å². The summed E-state index contributed by atoms with van der Waals surface area (Å²) in [6.45, 7) is 10.3. The zero-order valence-electron chi connectivity index (χ0n) is 9.75. The molecule has 1 rings (SSSR count). The van der Waals surface area contributed by atoms with Gasteiger partial charge in [0, 0.05) is 6.54 Å². The van der Waals surface area contributed by atoms with Gasteiger partial charge in [-0.3, -0.25) is 0 Å². The first kappa shape index (κ1) is 18.0. The predicted molar refractivity (Wildman–Crippen MR) is 51.3 cm³/mol. The summed E-state index contributed by atoms with van der Waals surface area (Å²) in [5.74, 6) is 0. The van der Waals surface area contributed by atoms with Crippen LogP contribution in [0.1, 0.15) is 33.6 Å². The van der Waals surface area contributed by atoms with E-state index in [9.17, 15) is 4.79 Å². The molecule has 0 aromatic rings. The Labute approximate surface area is 122 Å². The molecule has 84 valence electrons. The van der Waals surface area contributed by atoms with E-state index in [1.807, 2.05) is 20.8 Å². The zero-order chi connectivity index (χ0) is 10.1. The van der Waals surface area contributed by atoms with Crippen molar-refractivity contribution in [1.82, 2.24) is 4.90 Å². The Morgan fingerprint density at radius 3 is 2.33 bits per heavy atom. The molecule has 0 aliphatic carbocycles. The normalized spacial score (nSPS) is 20.3. The van der Waals surface area contributed by atoms with Crippen molar-refractivity contribution in [2.75, 3.05) is 6.54 Å². The molecule has 0 bridgehead atoms. The van der Waals surface area contributed by atoms with Crippen molar-refractivity contribution < 1.29 is 53.0 Å². The molecule has 0 N–H and O–H groups in total. The van der Waals surface area contributed by atoms with Crippen LogP contribution in [0.3, 0.4) is 0 Å². The molecule has 0 radical (unpaired) electrons. The second-order valence-electron chi connectivity index (χ2n) is 4.47. The van der Waals surface area contributed by atoms with E-state index in [2.05, 4.69) is 6.92 Å². The Morgan fingerprint density at radius 2 is 2.00 bits per heavy atom. The molecule has 1 saturated heterocycles. The Bertz CT molecular complexity index is 206. The second-order valence-corrected chi connectivity index (χ2v) is 4.47. The Balaban J connectivity index is 0. The van der Waals surface area contributed by atoms with Gasteiger partial charge in [-0.05, 0) is 27.2 Å². The molecule has 1 amide bonds. The van der Waals surface area contributed by atoms with Gasteiger partial charge in [-0.2, -0.15) is 0 Å². The minimum Gasteiger partial charge on any atom is -1.00 e. The van der Waals surface area contributed by atoms with Crippen LogP contribution in [0.15, 0.2) is 0 Å². The first-order valence-corrected chi connectivity index (χ1v) is 4.73. The molecule has 15 heavy (non-hydrogen) atoms. The van der Waals surface area contributed by atoms with Crippen molar-refractivity contribution in [3.8, 4) is 0 Å². The summed E-state index contributed by atoms with van der Waals surface area (Å²) in [7, 11) is 0. The van der Waals surface area contributed by atoms with Gasteiger partial charge in [0.05, 0.1) is 0 Å². The van der Waals surface area contributed by atoms with E-state index in [4.69, 9.17) is 4.74 Å². The maximum atomic E-state index is 11.5. The molecular weight excluding hydrogens is 358 g/mol. The maximum Gasteiger partial charge on any atom is 2.00 e. The number of carbonyl (C=O) groups excluding carboxylic acids is 1. The molecule has 1 fully saturated rings. The van der Waals surface area contributed by atoms with Crippen molar-refractivity contribution in [2.45, 2.75) is 45.3 Å². The number of hydrogen-bond donors (Lipinski definition) is 0. The van der Waals surface area contributed by atoms with Crippen LogP contribution in [0.25, 0.3) is 0 Å². The summed E-state index contributed by atoms with van der Waals surface area (Å²) in [6.07, 6.45) is 1.79. The third kappa shape index (κ3) is 6.05. The van der Waals surface area contributed by atoms with Gasteiger partial charge in [0.2, 0.25) is 0 Å². The minimum absolute atomic E-state index is 0. The fourth-order valence-corrected chi connectivity index (χ4v) is 1.40. The molecule has 1 aliphatic rings. The average molecular weight is 377 g/mol. The number of amides is 1. The van der Waals surface area contributed by atoms with Gasteiger partial charge in [0.1, 0.15) is 5.60 Å². The van der Waals surface area contributed by atoms with Crippen LogP contribution in [0.2, 0.25) is 0 Å². The quantitative estimate of drug-likeness (QED) is 0.315. The zero-order valence-corrected chi connectivity index (χ0v) is 14.9. The van der Waals surface area contributed by atoms with Gasteiger partial charge in [-0.1, -0.05) is 12.5 Å². The summed E-state index contributed by atoms with van der Waals surface area (Å²) >= 11 is 0. The van der Waals surface area contributed by atoms with Crippen molar-refractivity contribution in [1.29, 1.82) is 0 Å². The van der Waals surface area contributed by atoms with Crippen LogP contribution in [-0.2, 0) is 24.2 Å². The van der Waals surface area contributed by atoms with Gasteiger partial charge in [-0.15, -0.1) is 0 Å². The van der Waals surface area contributed by atoms with E-state index >= 15 is 0 Å². The first-order valence-electron chi connectivity index (χ1n) is 4.73. The van der Waals surface area contributed by atoms with Crippen LogP contribution in [0.5, 0.6) is 0 Å². The third-order valence-corrected chi connectivity index (χ3v) is 2.01. The fourth-order valence-electron chi connectivity index (χ4n) is 1.40. The van der Waals surface area contributed by atoms with Crippen molar-refractivity contribution in [3.05, 3.63) is 6.92 Å². The Hall–Kier alpha value is 0.623. The van der Waals surface area contributed by atoms with E-state index in [0.29, 0.717) is 0 Å². The number of ether oxygens (including phenoxy) is 1. The summed E-state index contributed by atoms with van der Waals surface area (Å²) in [6, 6.07) is 0.0925. The van der Waals surface area contributed by atoms with Crippen molar-refractivity contribution >= 4 is 6.09 Å². The van der Waals surface area contributed by atoms with Gasteiger partial charge in [-0.25, -0.2) is 4.79 Å². The summed E-state index contributed by atoms with van der Waals surface area (Å²) < 4.78 is 5.24. The molecular formula is C10H18INO2Zn. The molecule has 0 aromatic heterocycles. The molecule has 0 aromatic carbocycles. The van der Waals surface area contributed by atoms with Crippen LogP contribution < -0.4 is 24.0 Å². The van der Waals surface area contributed by atoms with Crippen LogP contribution >= 0.6 is 0 Å². The number of nitrogens with zero attached hydrogens (tertiary/aromatic N) is 1. The number of halogens is 1. The van der Waals surface area contributed by atoms with E-state index in [-0.39, 0.29) is 55.6 Å². The smallest absolute Gasteiger partial charge is 1.00 e. The van der Waals surface area contributed by atoms with Crippen molar-refractivity contribution in [2.24, 2.45) is 0 Å². The van der Waals surface area contributed by atoms with Crippen LogP contribution in [0.4, 0.5) is 4.79 Å². The van der Waals surface area contributed by atoms with E-state index in [0.717, 1.165) is 19.4 Å². The number of likely N-dealkylation sites (tertiary alicyclic amines) is 1. The SMILES string of the molecule is [CH2-][C@@H]1CCCN1C(=O)OC(C)(C)C.[I-].[Zn+2]. The largest absolute Gasteiger partial charge is 2.00 e. The fraction of sp³-hybridized carbons (Fsp3) is 0.800. The standard InChI is InChI=1S/C10H18NO2.HI.Zn/c1-8-6-5-7-11(8)9(12)13-10(2,3)4;;/h8H,1,5-7H2,2-4H3;1H;/q-1;;+2/p-1/t8-;;/m1../s1. The van der Waals surface area contributed by atoms with Gasteiger partial charge < -0.3 is 40.5 Å². The Kier molecular flexibility index (Phi) is 8.46. The molecule has 0 spiro atoms. The average Bonchev–Trinajstić information content (AvgIpc) is 2.30. The molecule has 3 nitrogen and oxygen atoms in total. The second kappa shape index (κ2) is 7.05.